The molecule has 1 saturated carbocycles. The van der Waals surface area contributed by atoms with E-state index in [-0.39, 0.29) is 0 Å². The van der Waals surface area contributed by atoms with Crippen LogP contribution in [0.25, 0.3) is 0 Å². The molecule has 1 fully saturated rings. The highest BCUT2D eigenvalue weighted by molar-refractivity contribution is 5.48. The summed E-state index contributed by atoms with van der Waals surface area (Å²) in [6.45, 7) is 2.33. The van der Waals surface area contributed by atoms with E-state index < -0.39 is 0 Å². The Morgan fingerprint density at radius 3 is 2.60 bits per heavy atom. The Kier molecular flexibility index (Phi) is 4.20. The van der Waals surface area contributed by atoms with Crippen LogP contribution < -0.4 is 5.32 Å². The summed E-state index contributed by atoms with van der Waals surface area (Å²) in [4.78, 5) is 9.26. The third-order valence-corrected chi connectivity index (χ3v) is 4.74. The third-order valence-electron chi connectivity index (χ3n) is 4.74. The number of aromatic nitrogens is 2. The lowest BCUT2D eigenvalue weighted by molar-refractivity contribution is 0.185. The number of aliphatic hydroxyl groups is 1. The van der Waals surface area contributed by atoms with Gasteiger partial charge in [0.2, 0.25) is 0 Å². The molecule has 0 amide bonds. The van der Waals surface area contributed by atoms with E-state index in [0.29, 0.717) is 18.6 Å². The molecule has 2 N–H and O–H groups in total. The first-order valence-electron chi connectivity index (χ1n) is 8.00. The number of hydrogen-bond donors (Lipinski definition) is 2. The summed E-state index contributed by atoms with van der Waals surface area (Å²) in [5.41, 5.74) is 2.61. The third kappa shape index (κ3) is 2.95. The molecule has 20 heavy (non-hydrogen) atoms. The number of fused-ring (bicyclic) bond motifs is 1. The highest BCUT2D eigenvalue weighted by Gasteiger charge is 2.23. The highest BCUT2D eigenvalue weighted by Crippen LogP contribution is 2.29. The Balaban J connectivity index is 1.72. The molecule has 0 atom stereocenters. The molecule has 0 radical (unpaired) electrons. The van der Waals surface area contributed by atoms with Gasteiger partial charge in [0, 0.05) is 23.9 Å². The number of hydrogen-bond acceptors (Lipinski definition) is 4. The molecule has 0 aromatic carbocycles. The van der Waals surface area contributed by atoms with Crippen LogP contribution in [0.4, 0.5) is 5.82 Å². The molecule has 4 nitrogen and oxygen atoms in total. The van der Waals surface area contributed by atoms with Crippen LogP contribution in [0.15, 0.2) is 0 Å². The largest absolute Gasteiger partial charge is 0.396 e. The zero-order valence-electron chi connectivity index (χ0n) is 12.4. The molecule has 0 bridgehead atoms. The van der Waals surface area contributed by atoms with E-state index in [4.69, 9.17) is 0 Å². The van der Waals surface area contributed by atoms with E-state index in [9.17, 15) is 5.11 Å². The molecule has 2 aliphatic rings. The maximum Gasteiger partial charge on any atom is 0.133 e. The molecule has 0 spiro atoms. The monoisotopic (exact) mass is 275 g/mol. The second-order valence-corrected chi connectivity index (χ2v) is 6.30. The summed E-state index contributed by atoms with van der Waals surface area (Å²) in [5.74, 6) is 2.48. The Bertz CT molecular complexity index is 467. The molecule has 3 rings (SSSR count). The van der Waals surface area contributed by atoms with Crippen molar-refractivity contribution in [2.45, 2.75) is 64.3 Å². The molecule has 4 heteroatoms. The second kappa shape index (κ2) is 6.08. The molecule has 0 aliphatic heterocycles. The van der Waals surface area contributed by atoms with E-state index in [2.05, 4.69) is 15.3 Å². The van der Waals surface area contributed by atoms with Crippen LogP contribution in [-0.2, 0) is 12.8 Å². The van der Waals surface area contributed by atoms with Gasteiger partial charge in [-0.25, -0.2) is 9.97 Å². The fraction of sp³-hybridized carbons (Fsp3) is 0.750. The van der Waals surface area contributed by atoms with Gasteiger partial charge in [0.25, 0.3) is 0 Å². The fourth-order valence-electron chi connectivity index (χ4n) is 3.52. The van der Waals surface area contributed by atoms with E-state index in [0.717, 1.165) is 50.2 Å². The highest BCUT2D eigenvalue weighted by atomic mass is 16.3. The lowest BCUT2D eigenvalue weighted by Gasteiger charge is -2.29. The smallest absolute Gasteiger partial charge is 0.133 e. The van der Waals surface area contributed by atoms with Crippen molar-refractivity contribution in [3.8, 4) is 0 Å². The van der Waals surface area contributed by atoms with Crippen LogP contribution >= 0.6 is 0 Å². The minimum Gasteiger partial charge on any atom is -0.396 e. The number of aryl methyl sites for hydroxylation is 2. The van der Waals surface area contributed by atoms with Gasteiger partial charge in [-0.1, -0.05) is 0 Å². The SMILES string of the molecule is Cc1nc2c(c(NC3CCC(CO)CC3)n1)CCCC2. The predicted octanol–water partition coefficient (Wildman–Crippen LogP) is 2.63. The first-order chi connectivity index (χ1) is 9.76. The van der Waals surface area contributed by atoms with Crippen molar-refractivity contribution in [2.75, 3.05) is 11.9 Å². The lowest BCUT2D eigenvalue weighted by Crippen LogP contribution is -2.29. The summed E-state index contributed by atoms with van der Waals surface area (Å²) >= 11 is 0. The van der Waals surface area contributed by atoms with Crippen molar-refractivity contribution in [3.05, 3.63) is 17.1 Å². The molecule has 0 saturated heterocycles. The molecular weight excluding hydrogens is 250 g/mol. The summed E-state index contributed by atoms with van der Waals surface area (Å²) in [6, 6.07) is 0.512. The topological polar surface area (TPSA) is 58.0 Å². The number of nitrogens with one attached hydrogen (secondary N) is 1. The van der Waals surface area contributed by atoms with Gasteiger partial charge in [0.05, 0.1) is 0 Å². The summed E-state index contributed by atoms with van der Waals surface area (Å²) in [6.07, 6.45) is 9.26. The van der Waals surface area contributed by atoms with Gasteiger partial charge in [0.15, 0.2) is 0 Å². The molecule has 2 aliphatic carbocycles. The summed E-state index contributed by atoms with van der Waals surface area (Å²) in [7, 11) is 0. The first-order valence-corrected chi connectivity index (χ1v) is 8.00. The zero-order chi connectivity index (χ0) is 13.9. The fourth-order valence-corrected chi connectivity index (χ4v) is 3.52. The average Bonchev–Trinajstić information content (AvgIpc) is 2.48. The standard InChI is InChI=1S/C16H25N3O/c1-11-17-15-5-3-2-4-14(15)16(18-11)19-13-8-6-12(10-20)7-9-13/h12-13,20H,2-10H2,1H3,(H,17,18,19). The van der Waals surface area contributed by atoms with Crippen molar-refractivity contribution < 1.29 is 5.11 Å². The summed E-state index contributed by atoms with van der Waals surface area (Å²) < 4.78 is 0. The lowest BCUT2D eigenvalue weighted by atomic mass is 9.86. The maximum absolute atomic E-state index is 9.22. The van der Waals surface area contributed by atoms with Crippen LogP contribution in [0.1, 0.15) is 55.6 Å². The molecule has 1 aromatic heterocycles. The van der Waals surface area contributed by atoms with E-state index >= 15 is 0 Å². The normalized spacial score (nSPS) is 26.1. The van der Waals surface area contributed by atoms with Crippen LogP contribution in [0.3, 0.4) is 0 Å². The van der Waals surface area contributed by atoms with E-state index in [1.165, 1.54) is 24.1 Å². The van der Waals surface area contributed by atoms with E-state index in [1.54, 1.807) is 0 Å². The van der Waals surface area contributed by atoms with Crippen molar-refractivity contribution in [3.63, 3.8) is 0 Å². The quantitative estimate of drug-likeness (QED) is 0.890. The predicted molar refractivity (Wildman–Crippen MR) is 79.9 cm³/mol. The minimum absolute atomic E-state index is 0.342. The Morgan fingerprint density at radius 2 is 1.85 bits per heavy atom. The molecule has 110 valence electrons. The number of nitrogens with zero attached hydrogens (tertiary/aromatic N) is 2. The van der Waals surface area contributed by atoms with Crippen molar-refractivity contribution in [1.29, 1.82) is 0 Å². The maximum atomic E-state index is 9.22. The van der Waals surface area contributed by atoms with Gasteiger partial charge in [-0.3, -0.25) is 0 Å². The molecule has 0 unspecified atom stereocenters. The van der Waals surface area contributed by atoms with Gasteiger partial charge in [-0.15, -0.1) is 0 Å². The Labute approximate surface area is 121 Å². The first kappa shape index (κ1) is 13.8. The number of aliphatic hydroxyl groups excluding tert-OH is 1. The van der Waals surface area contributed by atoms with Crippen LogP contribution in [0, 0.1) is 12.8 Å². The van der Waals surface area contributed by atoms with Crippen molar-refractivity contribution >= 4 is 5.82 Å². The van der Waals surface area contributed by atoms with Gasteiger partial charge in [0.1, 0.15) is 11.6 Å². The molecule has 1 aromatic rings. The zero-order valence-corrected chi connectivity index (χ0v) is 12.4. The molecular formula is C16H25N3O. The average molecular weight is 275 g/mol. The Morgan fingerprint density at radius 1 is 1.10 bits per heavy atom. The van der Waals surface area contributed by atoms with Crippen molar-refractivity contribution in [2.24, 2.45) is 5.92 Å². The summed E-state index contributed by atoms with van der Waals surface area (Å²) in [5, 5.41) is 12.9. The minimum atomic E-state index is 0.342. The van der Waals surface area contributed by atoms with Crippen LogP contribution in [-0.4, -0.2) is 27.7 Å². The number of rotatable bonds is 3. The van der Waals surface area contributed by atoms with Crippen molar-refractivity contribution in [1.82, 2.24) is 9.97 Å². The second-order valence-electron chi connectivity index (χ2n) is 6.30. The van der Waals surface area contributed by atoms with Crippen LogP contribution in [0.2, 0.25) is 0 Å². The molecule has 1 heterocycles. The van der Waals surface area contributed by atoms with E-state index in [1.807, 2.05) is 6.92 Å². The van der Waals surface area contributed by atoms with Crippen LogP contribution in [0.5, 0.6) is 0 Å². The Hall–Kier alpha value is -1.16. The van der Waals surface area contributed by atoms with Gasteiger partial charge in [-0.2, -0.15) is 0 Å². The van der Waals surface area contributed by atoms with Gasteiger partial charge >= 0.3 is 0 Å². The van der Waals surface area contributed by atoms with Gasteiger partial charge in [-0.05, 0) is 64.2 Å². The van der Waals surface area contributed by atoms with Gasteiger partial charge < -0.3 is 10.4 Å². The number of anilines is 1.